The standard InChI is InChI=1S/C18H26N6O/c1-3-19-18(20-10-9-14-5-4-6-16(25)11-14)22-15-7-8-17-21-13(2)23-24(17)12-15/h4-6,11,15,25H,3,7-10,12H2,1-2H3,(H2,19,20,22). The molecule has 0 saturated heterocycles. The second-order valence-electron chi connectivity index (χ2n) is 6.32. The Morgan fingerprint density at radius 1 is 1.44 bits per heavy atom. The first-order chi connectivity index (χ1) is 12.1. The molecule has 1 atom stereocenters. The number of benzene rings is 1. The number of aryl methyl sites for hydroxylation is 2. The Bertz CT molecular complexity index is 739. The van der Waals surface area contributed by atoms with Gasteiger partial charge in [0, 0.05) is 25.6 Å². The van der Waals surface area contributed by atoms with Gasteiger partial charge in [-0.05, 0) is 44.4 Å². The van der Waals surface area contributed by atoms with Crippen molar-refractivity contribution in [3.05, 3.63) is 41.5 Å². The average Bonchev–Trinajstić information content (AvgIpc) is 2.94. The third kappa shape index (κ3) is 4.71. The molecule has 1 aromatic carbocycles. The minimum atomic E-state index is 0.298. The van der Waals surface area contributed by atoms with Crippen LogP contribution in [0, 0.1) is 6.92 Å². The minimum absolute atomic E-state index is 0.298. The fraction of sp³-hybridized carbons (Fsp3) is 0.500. The number of rotatable bonds is 5. The van der Waals surface area contributed by atoms with Crippen LogP contribution in [-0.4, -0.2) is 45.0 Å². The predicted octanol–water partition coefficient (Wildman–Crippen LogP) is 1.40. The lowest BCUT2D eigenvalue weighted by molar-refractivity contribution is 0.392. The van der Waals surface area contributed by atoms with Gasteiger partial charge < -0.3 is 15.7 Å². The first-order valence-electron chi connectivity index (χ1n) is 8.87. The Morgan fingerprint density at radius 3 is 3.12 bits per heavy atom. The molecule has 25 heavy (non-hydrogen) atoms. The number of phenolic OH excluding ortho intramolecular Hbond substituents is 1. The van der Waals surface area contributed by atoms with E-state index in [2.05, 4.69) is 32.6 Å². The summed E-state index contributed by atoms with van der Waals surface area (Å²) in [5.74, 6) is 3.03. The second kappa shape index (κ2) is 8.00. The van der Waals surface area contributed by atoms with Crippen LogP contribution in [-0.2, 0) is 19.4 Å². The Labute approximate surface area is 148 Å². The van der Waals surface area contributed by atoms with E-state index in [1.807, 2.05) is 23.7 Å². The molecule has 7 heteroatoms. The summed E-state index contributed by atoms with van der Waals surface area (Å²) in [6.45, 7) is 6.29. The van der Waals surface area contributed by atoms with Gasteiger partial charge in [-0.15, -0.1) is 0 Å². The highest BCUT2D eigenvalue weighted by Gasteiger charge is 2.21. The third-order valence-electron chi connectivity index (χ3n) is 4.23. The van der Waals surface area contributed by atoms with Crippen LogP contribution in [0.15, 0.2) is 29.3 Å². The average molecular weight is 342 g/mol. The van der Waals surface area contributed by atoms with E-state index in [0.717, 1.165) is 55.5 Å². The summed E-state index contributed by atoms with van der Waals surface area (Å²) in [7, 11) is 0. The van der Waals surface area contributed by atoms with E-state index >= 15 is 0 Å². The molecule has 1 aliphatic heterocycles. The van der Waals surface area contributed by atoms with E-state index in [-0.39, 0.29) is 0 Å². The Morgan fingerprint density at radius 2 is 2.32 bits per heavy atom. The number of aliphatic imine (C=N–C) groups is 1. The quantitative estimate of drug-likeness (QED) is 0.565. The molecule has 1 aromatic heterocycles. The first kappa shape index (κ1) is 17.3. The molecule has 1 aliphatic rings. The maximum atomic E-state index is 9.53. The van der Waals surface area contributed by atoms with Gasteiger partial charge in [0.05, 0.1) is 6.54 Å². The Hall–Kier alpha value is -2.57. The number of guanidine groups is 1. The van der Waals surface area contributed by atoms with E-state index in [1.54, 1.807) is 12.1 Å². The van der Waals surface area contributed by atoms with Crippen molar-refractivity contribution in [2.45, 2.75) is 45.7 Å². The molecule has 0 aliphatic carbocycles. The fourth-order valence-electron chi connectivity index (χ4n) is 3.07. The van der Waals surface area contributed by atoms with Crippen LogP contribution in [0.4, 0.5) is 0 Å². The SMILES string of the molecule is CCNC(=NCCc1cccc(O)c1)NC1CCc2nc(C)nn2C1. The summed E-state index contributed by atoms with van der Waals surface area (Å²) >= 11 is 0. The van der Waals surface area contributed by atoms with Crippen molar-refractivity contribution in [2.75, 3.05) is 13.1 Å². The summed E-state index contributed by atoms with van der Waals surface area (Å²) in [5, 5.41) is 20.8. The molecule has 1 unspecified atom stereocenters. The molecular formula is C18H26N6O. The molecule has 134 valence electrons. The highest BCUT2D eigenvalue weighted by atomic mass is 16.3. The summed E-state index contributed by atoms with van der Waals surface area (Å²) in [6.07, 6.45) is 2.75. The lowest BCUT2D eigenvalue weighted by Crippen LogP contribution is -2.47. The smallest absolute Gasteiger partial charge is 0.191 e. The second-order valence-corrected chi connectivity index (χ2v) is 6.32. The highest BCUT2D eigenvalue weighted by molar-refractivity contribution is 5.80. The molecular weight excluding hydrogens is 316 g/mol. The number of fused-ring (bicyclic) bond motifs is 1. The molecule has 2 heterocycles. The molecule has 3 N–H and O–H groups in total. The molecule has 3 rings (SSSR count). The predicted molar refractivity (Wildman–Crippen MR) is 97.8 cm³/mol. The van der Waals surface area contributed by atoms with Crippen molar-refractivity contribution < 1.29 is 5.11 Å². The van der Waals surface area contributed by atoms with Gasteiger partial charge in [0.2, 0.25) is 0 Å². The molecule has 0 amide bonds. The molecule has 0 fully saturated rings. The summed E-state index contributed by atoms with van der Waals surface area (Å²) in [6, 6.07) is 7.63. The van der Waals surface area contributed by atoms with E-state index in [9.17, 15) is 5.11 Å². The van der Waals surface area contributed by atoms with Gasteiger partial charge in [-0.25, -0.2) is 9.67 Å². The minimum Gasteiger partial charge on any atom is -0.508 e. The summed E-state index contributed by atoms with van der Waals surface area (Å²) < 4.78 is 1.99. The monoisotopic (exact) mass is 342 g/mol. The zero-order valence-electron chi connectivity index (χ0n) is 14.9. The van der Waals surface area contributed by atoms with Crippen LogP contribution in [0.3, 0.4) is 0 Å². The zero-order chi connectivity index (χ0) is 17.6. The number of aromatic hydroxyl groups is 1. The van der Waals surface area contributed by atoms with E-state index in [4.69, 9.17) is 0 Å². The Kier molecular flexibility index (Phi) is 5.53. The van der Waals surface area contributed by atoms with Gasteiger partial charge >= 0.3 is 0 Å². The molecule has 0 saturated carbocycles. The van der Waals surface area contributed by atoms with Gasteiger partial charge in [-0.1, -0.05) is 12.1 Å². The third-order valence-corrected chi connectivity index (χ3v) is 4.23. The summed E-state index contributed by atoms with van der Waals surface area (Å²) in [4.78, 5) is 9.11. The van der Waals surface area contributed by atoms with Crippen molar-refractivity contribution in [3.63, 3.8) is 0 Å². The normalized spacial score (nSPS) is 17.2. The number of hydrogen-bond acceptors (Lipinski definition) is 4. The van der Waals surface area contributed by atoms with E-state index in [0.29, 0.717) is 18.3 Å². The largest absolute Gasteiger partial charge is 0.508 e. The van der Waals surface area contributed by atoms with Gasteiger partial charge in [0.15, 0.2) is 5.96 Å². The number of phenols is 1. The summed E-state index contributed by atoms with van der Waals surface area (Å²) in [5.41, 5.74) is 1.08. The lowest BCUT2D eigenvalue weighted by Gasteiger charge is -2.25. The van der Waals surface area contributed by atoms with Crippen molar-refractivity contribution in [1.29, 1.82) is 0 Å². The lowest BCUT2D eigenvalue weighted by atomic mass is 10.1. The number of hydrogen-bond donors (Lipinski definition) is 3. The van der Waals surface area contributed by atoms with Crippen molar-refractivity contribution in [3.8, 4) is 5.75 Å². The Balaban J connectivity index is 1.57. The molecule has 2 aromatic rings. The van der Waals surface area contributed by atoms with Gasteiger partial charge in [-0.3, -0.25) is 4.99 Å². The van der Waals surface area contributed by atoms with E-state index in [1.165, 1.54) is 0 Å². The van der Waals surface area contributed by atoms with Crippen LogP contribution in [0.5, 0.6) is 5.75 Å². The molecule has 0 bridgehead atoms. The number of nitrogens with one attached hydrogen (secondary N) is 2. The van der Waals surface area contributed by atoms with Crippen LogP contribution in [0.1, 0.15) is 30.6 Å². The van der Waals surface area contributed by atoms with Crippen LogP contribution in [0.25, 0.3) is 0 Å². The zero-order valence-corrected chi connectivity index (χ0v) is 14.9. The van der Waals surface area contributed by atoms with Crippen molar-refractivity contribution in [2.24, 2.45) is 4.99 Å². The van der Waals surface area contributed by atoms with Crippen LogP contribution < -0.4 is 10.6 Å². The fourth-order valence-corrected chi connectivity index (χ4v) is 3.07. The first-order valence-corrected chi connectivity index (χ1v) is 8.87. The van der Waals surface area contributed by atoms with Crippen LogP contribution in [0.2, 0.25) is 0 Å². The van der Waals surface area contributed by atoms with Crippen LogP contribution >= 0.6 is 0 Å². The van der Waals surface area contributed by atoms with E-state index < -0.39 is 0 Å². The molecule has 0 radical (unpaired) electrons. The molecule has 7 nitrogen and oxygen atoms in total. The number of nitrogens with zero attached hydrogens (tertiary/aromatic N) is 4. The van der Waals surface area contributed by atoms with Gasteiger partial charge in [0.1, 0.15) is 17.4 Å². The number of aromatic nitrogens is 3. The highest BCUT2D eigenvalue weighted by Crippen LogP contribution is 2.13. The van der Waals surface area contributed by atoms with Crippen molar-refractivity contribution in [1.82, 2.24) is 25.4 Å². The van der Waals surface area contributed by atoms with Crippen molar-refractivity contribution >= 4 is 5.96 Å². The topological polar surface area (TPSA) is 87.4 Å². The maximum absolute atomic E-state index is 9.53. The molecule has 0 spiro atoms. The van der Waals surface area contributed by atoms with Gasteiger partial charge in [-0.2, -0.15) is 5.10 Å². The maximum Gasteiger partial charge on any atom is 0.191 e. The van der Waals surface area contributed by atoms with Gasteiger partial charge in [0.25, 0.3) is 0 Å².